The van der Waals surface area contributed by atoms with E-state index in [2.05, 4.69) is 28.1 Å². The first-order valence-electron chi connectivity index (χ1n) is 8.70. The third-order valence-electron chi connectivity index (χ3n) is 5.48. The Balaban J connectivity index is 1.53. The summed E-state index contributed by atoms with van der Waals surface area (Å²) in [5.41, 5.74) is 2.39. The van der Waals surface area contributed by atoms with E-state index in [1.165, 1.54) is 17.5 Å². The van der Waals surface area contributed by atoms with Gasteiger partial charge < -0.3 is 14.6 Å². The maximum Gasteiger partial charge on any atom is 0.225 e. The van der Waals surface area contributed by atoms with Crippen LogP contribution in [0.15, 0.2) is 24.3 Å². The second-order valence-electron chi connectivity index (χ2n) is 6.93. The molecule has 0 spiro atoms. The third-order valence-corrected chi connectivity index (χ3v) is 5.48. The van der Waals surface area contributed by atoms with Crippen LogP contribution in [0.1, 0.15) is 43.7 Å². The molecule has 1 atom stereocenters. The van der Waals surface area contributed by atoms with E-state index >= 15 is 0 Å². The standard InChI is InChI=1S/C19H24N2O2/c1-23-16-7-8-17-15(10-16)11-18(20-17)14-6-3-9-21(12-14)19(22)13-4-2-5-13/h7-8,10-11,13-14,20H,2-6,9,12H2,1H3. The van der Waals surface area contributed by atoms with Crippen molar-refractivity contribution in [2.75, 3.05) is 20.2 Å². The fraction of sp³-hybridized carbons (Fsp3) is 0.526. The molecule has 1 amide bonds. The van der Waals surface area contributed by atoms with Gasteiger partial charge in [-0.3, -0.25) is 4.79 Å². The quantitative estimate of drug-likeness (QED) is 0.939. The normalized spacial score (nSPS) is 22.1. The lowest BCUT2D eigenvalue weighted by atomic mass is 9.83. The topological polar surface area (TPSA) is 45.3 Å². The van der Waals surface area contributed by atoms with E-state index in [-0.39, 0.29) is 0 Å². The highest BCUT2D eigenvalue weighted by Gasteiger charge is 2.32. The van der Waals surface area contributed by atoms with E-state index in [0.29, 0.717) is 17.7 Å². The van der Waals surface area contributed by atoms with E-state index in [4.69, 9.17) is 4.74 Å². The molecule has 2 aliphatic rings. The van der Waals surface area contributed by atoms with Gasteiger partial charge in [-0.2, -0.15) is 0 Å². The monoisotopic (exact) mass is 312 g/mol. The Labute approximate surface area is 136 Å². The van der Waals surface area contributed by atoms with Gasteiger partial charge in [-0.15, -0.1) is 0 Å². The molecule has 1 saturated carbocycles. The van der Waals surface area contributed by atoms with Crippen molar-refractivity contribution < 1.29 is 9.53 Å². The summed E-state index contributed by atoms with van der Waals surface area (Å²) in [6.07, 6.45) is 5.65. The molecule has 1 unspecified atom stereocenters. The Morgan fingerprint density at radius 3 is 2.83 bits per heavy atom. The summed E-state index contributed by atoms with van der Waals surface area (Å²) in [7, 11) is 1.69. The number of nitrogens with zero attached hydrogens (tertiary/aromatic N) is 1. The number of piperidine rings is 1. The number of aromatic amines is 1. The average molecular weight is 312 g/mol. The van der Waals surface area contributed by atoms with Crippen LogP contribution in [-0.2, 0) is 4.79 Å². The largest absolute Gasteiger partial charge is 0.497 e. The minimum absolute atomic E-state index is 0.306. The molecule has 1 aromatic heterocycles. The highest BCUT2D eigenvalue weighted by molar-refractivity contribution is 5.82. The molecular formula is C19H24N2O2. The van der Waals surface area contributed by atoms with E-state index in [1.807, 2.05) is 6.07 Å². The molecule has 2 fully saturated rings. The molecule has 1 aliphatic carbocycles. The number of likely N-dealkylation sites (tertiary alicyclic amines) is 1. The van der Waals surface area contributed by atoms with E-state index in [1.54, 1.807) is 7.11 Å². The van der Waals surface area contributed by atoms with Gasteiger partial charge in [-0.1, -0.05) is 6.42 Å². The lowest BCUT2D eigenvalue weighted by molar-refractivity contribution is -0.139. The smallest absolute Gasteiger partial charge is 0.225 e. The molecule has 1 aliphatic heterocycles. The summed E-state index contributed by atoms with van der Waals surface area (Å²) in [5, 5.41) is 1.18. The molecule has 122 valence electrons. The third kappa shape index (κ3) is 2.71. The summed E-state index contributed by atoms with van der Waals surface area (Å²) >= 11 is 0. The van der Waals surface area contributed by atoms with Gasteiger partial charge >= 0.3 is 0 Å². The number of H-pyrrole nitrogens is 1. The summed E-state index contributed by atoms with van der Waals surface area (Å²) in [6.45, 7) is 1.79. The number of hydrogen-bond acceptors (Lipinski definition) is 2. The van der Waals surface area contributed by atoms with Gasteiger partial charge in [0.25, 0.3) is 0 Å². The molecule has 2 aromatic rings. The number of benzene rings is 1. The maximum absolute atomic E-state index is 12.5. The van der Waals surface area contributed by atoms with E-state index in [9.17, 15) is 4.79 Å². The summed E-state index contributed by atoms with van der Waals surface area (Å²) in [6, 6.07) is 8.34. The first kappa shape index (κ1) is 14.6. The van der Waals surface area contributed by atoms with Crippen LogP contribution in [0.2, 0.25) is 0 Å². The Hall–Kier alpha value is -1.97. The van der Waals surface area contributed by atoms with Crippen LogP contribution in [0.3, 0.4) is 0 Å². The van der Waals surface area contributed by atoms with Crippen LogP contribution >= 0.6 is 0 Å². The van der Waals surface area contributed by atoms with Crippen LogP contribution in [0.25, 0.3) is 10.9 Å². The van der Waals surface area contributed by atoms with Gasteiger partial charge in [-0.05, 0) is 49.9 Å². The molecule has 4 nitrogen and oxygen atoms in total. The number of hydrogen-bond donors (Lipinski definition) is 1. The minimum Gasteiger partial charge on any atom is -0.497 e. The maximum atomic E-state index is 12.5. The second kappa shape index (κ2) is 5.91. The van der Waals surface area contributed by atoms with Crippen molar-refractivity contribution in [2.45, 2.75) is 38.0 Å². The highest BCUT2D eigenvalue weighted by Crippen LogP contribution is 2.33. The van der Waals surface area contributed by atoms with Gasteiger partial charge in [-0.25, -0.2) is 0 Å². The molecule has 4 rings (SSSR count). The first-order chi connectivity index (χ1) is 11.2. The highest BCUT2D eigenvalue weighted by atomic mass is 16.5. The fourth-order valence-electron chi connectivity index (χ4n) is 3.82. The van der Waals surface area contributed by atoms with Gasteiger partial charge in [0, 0.05) is 41.5 Å². The lowest BCUT2D eigenvalue weighted by Gasteiger charge is -2.37. The molecule has 4 heteroatoms. The predicted molar refractivity (Wildman–Crippen MR) is 90.7 cm³/mol. The number of aromatic nitrogens is 1. The number of nitrogens with one attached hydrogen (secondary N) is 1. The van der Waals surface area contributed by atoms with Crippen LogP contribution < -0.4 is 4.74 Å². The van der Waals surface area contributed by atoms with Crippen molar-refractivity contribution in [3.05, 3.63) is 30.0 Å². The summed E-state index contributed by atoms with van der Waals surface area (Å²) in [5.74, 6) is 2.00. The van der Waals surface area contributed by atoms with Gasteiger partial charge in [0.2, 0.25) is 5.91 Å². The van der Waals surface area contributed by atoms with E-state index < -0.39 is 0 Å². The molecule has 23 heavy (non-hydrogen) atoms. The van der Waals surface area contributed by atoms with E-state index in [0.717, 1.165) is 50.0 Å². The number of rotatable bonds is 3. The molecule has 2 heterocycles. The Morgan fingerprint density at radius 1 is 1.22 bits per heavy atom. The van der Waals surface area contributed by atoms with Gasteiger partial charge in [0.1, 0.15) is 5.75 Å². The second-order valence-corrected chi connectivity index (χ2v) is 6.93. The van der Waals surface area contributed by atoms with Crippen LogP contribution in [0, 0.1) is 5.92 Å². The minimum atomic E-state index is 0.306. The summed E-state index contributed by atoms with van der Waals surface area (Å²) in [4.78, 5) is 18.2. The number of fused-ring (bicyclic) bond motifs is 1. The number of ether oxygens (including phenoxy) is 1. The van der Waals surface area contributed by atoms with Crippen molar-refractivity contribution >= 4 is 16.8 Å². The molecule has 0 radical (unpaired) electrons. The SMILES string of the molecule is COc1ccc2[nH]c(C3CCCN(C(=O)C4CCC4)C3)cc2c1. The van der Waals surface area contributed by atoms with Crippen LogP contribution in [-0.4, -0.2) is 36.0 Å². The Kier molecular flexibility index (Phi) is 3.76. The predicted octanol–water partition coefficient (Wildman–Crippen LogP) is 3.68. The van der Waals surface area contributed by atoms with Crippen molar-refractivity contribution in [3.63, 3.8) is 0 Å². The first-order valence-corrected chi connectivity index (χ1v) is 8.70. The van der Waals surface area contributed by atoms with Crippen LogP contribution in [0.5, 0.6) is 5.75 Å². The van der Waals surface area contributed by atoms with Gasteiger partial charge in [0.15, 0.2) is 0 Å². The molecular weight excluding hydrogens is 288 g/mol. The fourth-order valence-corrected chi connectivity index (χ4v) is 3.82. The van der Waals surface area contributed by atoms with Crippen LogP contribution in [0.4, 0.5) is 0 Å². The molecule has 0 bridgehead atoms. The molecule has 1 N–H and O–H groups in total. The lowest BCUT2D eigenvalue weighted by Crippen LogP contribution is -2.44. The number of amides is 1. The number of carbonyl (C=O) groups excluding carboxylic acids is 1. The number of methoxy groups -OCH3 is 1. The van der Waals surface area contributed by atoms with Crippen molar-refractivity contribution in [1.29, 1.82) is 0 Å². The zero-order chi connectivity index (χ0) is 15.8. The van der Waals surface area contributed by atoms with Gasteiger partial charge in [0.05, 0.1) is 7.11 Å². The zero-order valence-electron chi connectivity index (χ0n) is 13.7. The Morgan fingerprint density at radius 2 is 2.09 bits per heavy atom. The van der Waals surface area contributed by atoms with Crippen molar-refractivity contribution in [1.82, 2.24) is 9.88 Å². The average Bonchev–Trinajstić information content (AvgIpc) is 2.96. The van der Waals surface area contributed by atoms with Crippen molar-refractivity contribution in [3.8, 4) is 5.75 Å². The molecule has 1 saturated heterocycles. The van der Waals surface area contributed by atoms with Crippen molar-refractivity contribution in [2.24, 2.45) is 5.92 Å². The Bertz CT molecular complexity index is 717. The summed E-state index contributed by atoms with van der Waals surface area (Å²) < 4.78 is 5.30. The number of carbonyl (C=O) groups is 1. The molecule has 1 aromatic carbocycles. The zero-order valence-corrected chi connectivity index (χ0v) is 13.7.